The van der Waals surface area contributed by atoms with Crippen LogP contribution in [-0.4, -0.2) is 55.4 Å². The van der Waals surface area contributed by atoms with Gasteiger partial charge in [0, 0.05) is 32.7 Å². The first-order valence-electron chi connectivity index (χ1n) is 5.66. The molecule has 0 aliphatic heterocycles. The fraction of sp³-hybridized carbons (Fsp3) is 0.909. The summed E-state index contributed by atoms with van der Waals surface area (Å²) in [5, 5.41) is 8.86. The zero-order valence-corrected chi connectivity index (χ0v) is 10.5. The Labute approximate surface area is 97.6 Å². The summed E-state index contributed by atoms with van der Waals surface area (Å²) in [6.45, 7) is 5.26. The van der Waals surface area contributed by atoms with E-state index in [9.17, 15) is 4.79 Å². The first kappa shape index (κ1) is 15.3. The maximum atomic E-state index is 11.8. The van der Waals surface area contributed by atoms with Crippen molar-refractivity contribution in [3.8, 4) is 0 Å². The lowest BCUT2D eigenvalue weighted by Crippen LogP contribution is -2.40. The van der Waals surface area contributed by atoms with Crippen LogP contribution in [0.15, 0.2) is 0 Å². The van der Waals surface area contributed by atoms with Crippen LogP contribution in [0.25, 0.3) is 0 Å². The summed E-state index contributed by atoms with van der Waals surface area (Å²) in [5.41, 5.74) is 5.84. The van der Waals surface area contributed by atoms with E-state index in [1.807, 2.05) is 13.8 Å². The van der Waals surface area contributed by atoms with Crippen LogP contribution < -0.4 is 5.73 Å². The molecule has 0 aliphatic carbocycles. The second kappa shape index (κ2) is 8.50. The number of nitrogens with two attached hydrogens (primary N) is 1. The van der Waals surface area contributed by atoms with Crippen molar-refractivity contribution in [2.24, 2.45) is 11.7 Å². The SMILES string of the molecule is COCCN(CCO)C(=O)CC(N)C(C)C. The number of hydrogen-bond donors (Lipinski definition) is 2. The molecule has 96 valence electrons. The molecule has 1 amide bonds. The average Bonchev–Trinajstić information content (AvgIpc) is 2.23. The quantitative estimate of drug-likeness (QED) is 0.609. The maximum Gasteiger partial charge on any atom is 0.224 e. The highest BCUT2D eigenvalue weighted by molar-refractivity contribution is 5.76. The summed E-state index contributed by atoms with van der Waals surface area (Å²) in [5.74, 6) is 0.259. The van der Waals surface area contributed by atoms with Crippen LogP contribution in [0.1, 0.15) is 20.3 Å². The summed E-state index contributed by atoms with van der Waals surface area (Å²) < 4.78 is 4.91. The molecule has 5 nitrogen and oxygen atoms in total. The van der Waals surface area contributed by atoms with Crippen molar-refractivity contribution in [1.29, 1.82) is 0 Å². The molecule has 1 unspecified atom stereocenters. The number of ether oxygens (including phenoxy) is 1. The highest BCUT2D eigenvalue weighted by atomic mass is 16.5. The predicted octanol–water partition coefficient (Wildman–Crippen LogP) is -0.173. The van der Waals surface area contributed by atoms with Gasteiger partial charge >= 0.3 is 0 Å². The first-order chi connectivity index (χ1) is 7.52. The molecule has 1 atom stereocenters. The molecular formula is C11H24N2O3. The van der Waals surface area contributed by atoms with Crippen molar-refractivity contribution < 1.29 is 14.6 Å². The van der Waals surface area contributed by atoms with Gasteiger partial charge in [-0.2, -0.15) is 0 Å². The summed E-state index contributed by atoms with van der Waals surface area (Å²) in [4.78, 5) is 13.4. The van der Waals surface area contributed by atoms with Gasteiger partial charge in [0.05, 0.1) is 13.2 Å². The lowest BCUT2D eigenvalue weighted by molar-refractivity contribution is -0.133. The minimum atomic E-state index is -0.128. The molecule has 0 fully saturated rings. The molecule has 0 radical (unpaired) electrons. The van der Waals surface area contributed by atoms with Crippen LogP contribution in [0.5, 0.6) is 0 Å². The minimum absolute atomic E-state index is 0.0210. The van der Waals surface area contributed by atoms with Gasteiger partial charge in [-0.05, 0) is 5.92 Å². The van der Waals surface area contributed by atoms with E-state index in [4.69, 9.17) is 15.6 Å². The van der Waals surface area contributed by atoms with Gasteiger partial charge < -0.3 is 20.5 Å². The number of aliphatic hydroxyl groups is 1. The number of carbonyl (C=O) groups excluding carboxylic acids is 1. The molecule has 0 heterocycles. The zero-order valence-electron chi connectivity index (χ0n) is 10.5. The van der Waals surface area contributed by atoms with Crippen LogP contribution in [0, 0.1) is 5.92 Å². The Bertz CT molecular complexity index is 198. The first-order valence-corrected chi connectivity index (χ1v) is 5.66. The Morgan fingerprint density at radius 3 is 2.50 bits per heavy atom. The third-order valence-electron chi connectivity index (χ3n) is 2.55. The molecular weight excluding hydrogens is 208 g/mol. The summed E-state index contributed by atoms with van der Waals surface area (Å²) in [7, 11) is 1.58. The van der Waals surface area contributed by atoms with Crippen molar-refractivity contribution in [2.45, 2.75) is 26.3 Å². The average molecular weight is 232 g/mol. The van der Waals surface area contributed by atoms with Gasteiger partial charge in [0.2, 0.25) is 5.91 Å². The van der Waals surface area contributed by atoms with Gasteiger partial charge in [0.15, 0.2) is 0 Å². The van der Waals surface area contributed by atoms with Gasteiger partial charge in [0.1, 0.15) is 0 Å². The van der Waals surface area contributed by atoms with E-state index in [0.29, 0.717) is 26.1 Å². The third-order valence-corrected chi connectivity index (χ3v) is 2.55. The van der Waals surface area contributed by atoms with Crippen LogP contribution >= 0.6 is 0 Å². The molecule has 0 saturated carbocycles. The fourth-order valence-electron chi connectivity index (χ4n) is 1.25. The number of aliphatic hydroxyl groups excluding tert-OH is 1. The largest absolute Gasteiger partial charge is 0.395 e. The molecule has 16 heavy (non-hydrogen) atoms. The number of carbonyl (C=O) groups is 1. The molecule has 0 aromatic heterocycles. The Kier molecular flexibility index (Phi) is 8.15. The van der Waals surface area contributed by atoms with E-state index in [2.05, 4.69) is 0 Å². The maximum absolute atomic E-state index is 11.8. The van der Waals surface area contributed by atoms with Crippen molar-refractivity contribution >= 4 is 5.91 Å². The smallest absolute Gasteiger partial charge is 0.224 e. The van der Waals surface area contributed by atoms with Gasteiger partial charge in [-0.15, -0.1) is 0 Å². The van der Waals surface area contributed by atoms with E-state index in [0.717, 1.165) is 0 Å². The van der Waals surface area contributed by atoms with Gasteiger partial charge in [-0.25, -0.2) is 0 Å². The lowest BCUT2D eigenvalue weighted by atomic mass is 10.0. The van der Waals surface area contributed by atoms with E-state index in [1.54, 1.807) is 12.0 Å². The van der Waals surface area contributed by atoms with Crippen molar-refractivity contribution in [3.63, 3.8) is 0 Å². The highest BCUT2D eigenvalue weighted by Crippen LogP contribution is 2.05. The Morgan fingerprint density at radius 1 is 1.44 bits per heavy atom. The van der Waals surface area contributed by atoms with Crippen molar-refractivity contribution in [2.75, 3.05) is 33.4 Å². The van der Waals surface area contributed by atoms with Crippen molar-refractivity contribution in [3.05, 3.63) is 0 Å². The fourth-order valence-corrected chi connectivity index (χ4v) is 1.25. The summed E-state index contributed by atoms with van der Waals surface area (Å²) in [6.07, 6.45) is 0.321. The second-order valence-corrected chi connectivity index (χ2v) is 4.21. The molecule has 5 heteroatoms. The Balaban J connectivity index is 4.15. The van der Waals surface area contributed by atoms with E-state index < -0.39 is 0 Å². The normalized spacial score (nSPS) is 12.9. The van der Waals surface area contributed by atoms with Crippen LogP contribution in [0.2, 0.25) is 0 Å². The van der Waals surface area contributed by atoms with E-state index in [1.165, 1.54) is 0 Å². The summed E-state index contributed by atoms with van der Waals surface area (Å²) in [6, 6.07) is -0.128. The van der Waals surface area contributed by atoms with Gasteiger partial charge in [0.25, 0.3) is 0 Å². The zero-order chi connectivity index (χ0) is 12.6. The molecule has 0 bridgehead atoms. The number of hydrogen-bond acceptors (Lipinski definition) is 4. The van der Waals surface area contributed by atoms with Gasteiger partial charge in [-0.1, -0.05) is 13.8 Å². The Hall–Kier alpha value is -0.650. The standard InChI is InChI=1S/C11H24N2O3/c1-9(2)10(12)8-11(15)13(4-6-14)5-7-16-3/h9-10,14H,4-8,12H2,1-3H3. The lowest BCUT2D eigenvalue weighted by Gasteiger charge is -2.24. The predicted molar refractivity (Wildman–Crippen MR) is 63.0 cm³/mol. The third kappa shape index (κ3) is 6.05. The topological polar surface area (TPSA) is 75.8 Å². The second-order valence-electron chi connectivity index (χ2n) is 4.21. The summed E-state index contributed by atoms with van der Waals surface area (Å²) >= 11 is 0. The molecule has 0 saturated heterocycles. The van der Waals surface area contributed by atoms with Crippen LogP contribution in [-0.2, 0) is 9.53 Å². The number of amides is 1. The highest BCUT2D eigenvalue weighted by Gasteiger charge is 2.18. The van der Waals surface area contributed by atoms with Crippen LogP contribution in [0.4, 0.5) is 0 Å². The molecule has 0 aliphatic rings. The molecule has 0 aromatic carbocycles. The molecule has 3 N–H and O–H groups in total. The van der Waals surface area contributed by atoms with Crippen molar-refractivity contribution in [1.82, 2.24) is 4.90 Å². The number of nitrogens with zero attached hydrogens (tertiary/aromatic N) is 1. The minimum Gasteiger partial charge on any atom is -0.395 e. The monoisotopic (exact) mass is 232 g/mol. The Morgan fingerprint density at radius 2 is 2.06 bits per heavy atom. The van der Waals surface area contributed by atoms with E-state index in [-0.39, 0.29) is 24.5 Å². The molecule has 0 aromatic rings. The van der Waals surface area contributed by atoms with E-state index >= 15 is 0 Å². The number of methoxy groups -OCH3 is 1. The van der Waals surface area contributed by atoms with Gasteiger partial charge in [-0.3, -0.25) is 4.79 Å². The molecule has 0 spiro atoms. The molecule has 0 rings (SSSR count). The van der Waals surface area contributed by atoms with Crippen LogP contribution in [0.3, 0.4) is 0 Å². The number of rotatable bonds is 8.